The number of hydrogen-bond donors (Lipinski definition) is 0. The molecule has 0 aliphatic rings. The minimum atomic E-state index is -0.865. The molecule has 0 rings (SSSR count). The van der Waals surface area contributed by atoms with Crippen molar-refractivity contribution in [2.45, 2.75) is 33.1 Å². The van der Waals surface area contributed by atoms with Gasteiger partial charge in [-0.2, -0.15) is 0 Å². The number of carbonyl (C=O) groups excluding carboxylic acids is 1. The molecule has 13 heavy (non-hydrogen) atoms. The maximum Gasteiger partial charge on any atom is 0.353 e. The molecule has 0 heterocycles. The Morgan fingerprint density at radius 3 is 2.69 bits per heavy atom. The third-order valence-corrected chi connectivity index (χ3v) is 1.74. The number of halogens is 1. The number of carbonyl (C=O) groups is 1. The lowest BCUT2D eigenvalue weighted by Crippen LogP contribution is -2.17. The summed E-state index contributed by atoms with van der Waals surface area (Å²) in [6.07, 6.45) is 3.22. The van der Waals surface area contributed by atoms with Crippen LogP contribution < -0.4 is 0 Å². The van der Waals surface area contributed by atoms with E-state index in [2.05, 4.69) is 11.9 Å². The standard InChI is InChI=1S/C9H17FO3/c1-3-4-5-6-12-7-8(2)9(11)13-10/h8H,3-7H2,1-2H3. The molecule has 3 nitrogen and oxygen atoms in total. The van der Waals surface area contributed by atoms with Crippen molar-refractivity contribution in [2.75, 3.05) is 13.2 Å². The second-order valence-electron chi connectivity index (χ2n) is 3.08. The van der Waals surface area contributed by atoms with Gasteiger partial charge in [-0.05, 0) is 13.3 Å². The molecule has 0 aromatic heterocycles. The summed E-state index contributed by atoms with van der Waals surface area (Å²) >= 11 is 0. The smallest absolute Gasteiger partial charge is 0.353 e. The Bertz CT molecular complexity index is 139. The zero-order chi connectivity index (χ0) is 10.1. The molecule has 0 aromatic rings. The number of ether oxygens (including phenoxy) is 1. The maximum absolute atomic E-state index is 11.4. The molecule has 4 heteroatoms. The van der Waals surface area contributed by atoms with Gasteiger partial charge in [-0.25, -0.2) is 4.79 Å². The molecule has 0 aromatic carbocycles. The van der Waals surface area contributed by atoms with Crippen molar-refractivity contribution in [2.24, 2.45) is 5.92 Å². The van der Waals surface area contributed by atoms with E-state index in [1.54, 1.807) is 6.92 Å². The molecule has 0 bridgehead atoms. The highest BCUT2D eigenvalue weighted by atomic mass is 19.3. The Balaban J connectivity index is 3.26. The molecule has 0 amide bonds. The zero-order valence-corrected chi connectivity index (χ0v) is 8.22. The summed E-state index contributed by atoms with van der Waals surface area (Å²) in [4.78, 5) is 13.6. The van der Waals surface area contributed by atoms with E-state index < -0.39 is 11.9 Å². The van der Waals surface area contributed by atoms with Crippen LogP contribution in [0.25, 0.3) is 0 Å². The summed E-state index contributed by atoms with van der Waals surface area (Å²) in [6, 6.07) is 0. The first-order valence-corrected chi connectivity index (χ1v) is 4.62. The molecule has 0 aliphatic heterocycles. The molecule has 0 saturated heterocycles. The largest absolute Gasteiger partial charge is 0.381 e. The summed E-state index contributed by atoms with van der Waals surface area (Å²) in [5.41, 5.74) is 0. The van der Waals surface area contributed by atoms with Crippen LogP contribution in [-0.2, 0) is 14.5 Å². The van der Waals surface area contributed by atoms with Crippen molar-refractivity contribution in [1.29, 1.82) is 0 Å². The van der Waals surface area contributed by atoms with E-state index in [4.69, 9.17) is 4.74 Å². The van der Waals surface area contributed by atoms with Gasteiger partial charge in [0.25, 0.3) is 0 Å². The van der Waals surface area contributed by atoms with Gasteiger partial charge in [-0.3, -0.25) is 4.94 Å². The first-order chi connectivity index (χ1) is 6.22. The van der Waals surface area contributed by atoms with Gasteiger partial charge in [-0.15, -0.1) is 0 Å². The normalized spacial score (nSPS) is 12.5. The van der Waals surface area contributed by atoms with Crippen LogP contribution >= 0.6 is 0 Å². The van der Waals surface area contributed by atoms with Crippen LogP contribution in [0.4, 0.5) is 4.53 Å². The third kappa shape index (κ3) is 6.51. The molecule has 1 atom stereocenters. The van der Waals surface area contributed by atoms with Gasteiger partial charge in [-0.1, -0.05) is 19.8 Å². The minimum absolute atomic E-state index is 0.229. The zero-order valence-electron chi connectivity index (χ0n) is 8.22. The van der Waals surface area contributed by atoms with E-state index >= 15 is 0 Å². The van der Waals surface area contributed by atoms with Crippen LogP contribution in [-0.4, -0.2) is 19.2 Å². The van der Waals surface area contributed by atoms with Crippen molar-refractivity contribution in [1.82, 2.24) is 0 Å². The second-order valence-corrected chi connectivity index (χ2v) is 3.08. The van der Waals surface area contributed by atoms with Crippen molar-refractivity contribution < 1.29 is 19.0 Å². The lowest BCUT2D eigenvalue weighted by Gasteiger charge is -2.07. The van der Waals surface area contributed by atoms with Crippen LogP contribution in [0.2, 0.25) is 0 Å². The van der Waals surface area contributed by atoms with E-state index in [1.165, 1.54) is 0 Å². The fourth-order valence-electron chi connectivity index (χ4n) is 0.858. The number of hydrogen-bond acceptors (Lipinski definition) is 3. The lowest BCUT2D eigenvalue weighted by atomic mass is 10.2. The molecule has 1 unspecified atom stereocenters. The van der Waals surface area contributed by atoms with Crippen molar-refractivity contribution in [3.63, 3.8) is 0 Å². The van der Waals surface area contributed by atoms with Gasteiger partial charge in [0.1, 0.15) is 0 Å². The second kappa shape index (κ2) is 7.98. The lowest BCUT2D eigenvalue weighted by molar-refractivity contribution is -0.190. The molecule has 0 aliphatic carbocycles. The Hall–Kier alpha value is -0.640. The molecule has 0 N–H and O–H groups in total. The predicted molar refractivity (Wildman–Crippen MR) is 46.7 cm³/mol. The van der Waals surface area contributed by atoms with Gasteiger partial charge in [0.05, 0.1) is 12.5 Å². The minimum Gasteiger partial charge on any atom is -0.381 e. The highest BCUT2D eigenvalue weighted by molar-refractivity contribution is 5.71. The van der Waals surface area contributed by atoms with Gasteiger partial charge >= 0.3 is 5.97 Å². The van der Waals surface area contributed by atoms with Crippen molar-refractivity contribution in [3.8, 4) is 0 Å². The van der Waals surface area contributed by atoms with Gasteiger partial charge in [0.15, 0.2) is 0 Å². The fraction of sp³-hybridized carbons (Fsp3) is 0.889. The third-order valence-electron chi connectivity index (χ3n) is 1.74. The predicted octanol–water partition coefficient (Wildman–Crippen LogP) is 2.26. The van der Waals surface area contributed by atoms with E-state index in [0.717, 1.165) is 19.3 Å². The van der Waals surface area contributed by atoms with E-state index in [-0.39, 0.29) is 6.61 Å². The Morgan fingerprint density at radius 2 is 2.15 bits per heavy atom. The summed E-state index contributed by atoms with van der Waals surface area (Å²) < 4.78 is 16.5. The van der Waals surface area contributed by atoms with E-state index in [0.29, 0.717) is 6.61 Å². The van der Waals surface area contributed by atoms with Crippen molar-refractivity contribution in [3.05, 3.63) is 0 Å². The Morgan fingerprint density at radius 1 is 1.46 bits per heavy atom. The summed E-state index contributed by atoms with van der Waals surface area (Å²) in [5, 5.41) is 0. The van der Waals surface area contributed by atoms with Crippen LogP contribution in [0.3, 0.4) is 0 Å². The SMILES string of the molecule is CCCCCOCC(C)C(=O)OF. The first-order valence-electron chi connectivity index (χ1n) is 4.62. The molecule has 78 valence electrons. The topological polar surface area (TPSA) is 35.5 Å². The van der Waals surface area contributed by atoms with Crippen LogP contribution in [0.15, 0.2) is 0 Å². The van der Waals surface area contributed by atoms with Crippen molar-refractivity contribution >= 4 is 5.97 Å². The van der Waals surface area contributed by atoms with Gasteiger partial charge in [0.2, 0.25) is 0 Å². The Kier molecular flexibility index (Phi) is 7.59. The molecular weight excluding hydrogens is 175 g/mol. The molecular formula is C9H17FO3. The maximum atomic E-state index is 11.4. The highest BCUT2D eigenvalue weighted by Crippen LogP contribution is 2.01. The average Bonchev–Trinajstić information content (AvgIpc) is 2.16. The quantitative estimate of drug-likeness (QED) is 0.580. The van der Waals surface area contributed by atoms with E-state index in [9.17, 15) is 9.32 Å². The number of rotatable bonds is 7. The summed E-state index contributed by atoms with van der Waals surface area (Å²) in [5.74, 6) is -1.39. The summed E-state index contributed by atoms with van der Waals surface area (Å²) in [7, 11) is 0. The monoisotopic (exact) mass is 192 g/mol. The average molecular weight is 192 g/mol. The van der Waals surface area contributed by atoms with Crippen LogP contribution in [0.1, 0.15) is 33.1 Å². The fourth-order valence-corrected chi connectivity index (χ4v) is 0.858. The summed E-state index contributed by atoms with van der Waals surface area (Å²) in [6.45, 7) is 4.52. The molecule has 0 spiro atoms. The van der Waals surface area contributed by atoms with Crippen LogP contribution in [0, 0.1) is 5.92 Å². The molecule has 0 radical (unpaired) electrons. The highest BCUT2D eigenvalue weighted by Gasteiger charge is 2.14. The first kappa shape index (κ1) is 12.4. The van der Waals surface area contributed by atoms with Crippen LogP contribution in [0.5, 0.6) is 0 Å². The van der Waals surface area contributed by atoms with Gasteiger partial charge < -0.3 is 4.74 Å². The van der Waals surface area contributed by atoms with Gasteiger partial charge in [0, 0.05) is 11.1 Å². The van der Waals surface area contributed by atoms with E-state index in [1.807, 2.05) is 0 Å². The molecule has 0 saturated carbocycles. The number of unbranched alkanes of at least 4 members (excludes halogenated alkanes) is 2. The Labute approximate surface area is 78.1 Å². The molecule has 0 fully saturated rings.